The van der Waals surface area contributed by atoms with Crippen LogP contribution in [0.5, 0.6) is 0 Å². The molecule has 0 amide bonds. The molecule has 0 aromatic heterocycles. The zero-order chi connectivity index (χ0) is 17.0. The molecule has 0 saturated carbocycles. The first-order valence-corrected chi connectivity index (χ1v) is 10.2. The lowest BCUT2D eigenvalue weighted by atomic mass is 10.1. The van der Waals surface area contributed by atoms with Crippen molar-refractivity contribution in [3.8, 4) is 0 Å². The Morgan fingerprint density at radius 3 is 1.91 bits per heavy atom. The summed E-state index contributed by atoms with van der Waals surface area (Å²) in [7, 11) is 0. The van der Waals surface area contributed by atoms with Crippen molar-refractivity contribution in [2.75, 3.05) is 32.9 Å². The molecule has 0 saturated heterocycles. The molecular formula is C20H43NO2. The predicted molar refractivity (Wildman–Crippen MR) is 101 cm³/mol. The van der Waals surface area contributed by atoms with Gasteiger partial charge in [-0.05, 0) is 26.3 Å². The molecule has 0 bridgehead atoms. The standard InChI is InChI=1S/C20H43NO2/c1-4-7-8-9-10-11-12-13-14-15-16-21-19-20(5-2)23-18-17-22-6-3/h20-21H,4-19H2,1-3H3. The van der Waals surface area contributed by atoms with Crippen molar-refractivity contribution in [1.29, 1.82) is 0 Å². The number of rotatable bonds is 19. The molecule has 0 aliphatic rings. The SMILES string of the molecule is CCCCCCCCCCCCNCC(CC)OCCOCC. The van der Waals surface area contributed by atoms with E-state index in [1.165, 1.54) is 64.2 Å². The number of nitrogens with one attached hydrogen (secondary N) is 1. The van der Waals surface area contributed by atoms with Crippen LogP contribution in [-0.2, 0) is 9.47 Å². The second-order valence-electron chi connectivity index (χ2n) is 6.48. The third kappa shape index (κ3) is 18.1. The summed E-state index contributed by atoms with van der Waals surface area (Å²) >= 11 is 0. The van der Waals surface area contributed by atoms with Crippen molar-refractivity contribution in [3.05, 3.63) is 0 Å². The van der Waals surface area contributed by atoms with Crippen molar-refractivity contribution in [3.63, 3.8) is 0 Å². The van der Waals surface area contributed by atoms with Gasteiger partial charge in [0.25, 0.3) is 0 Å². The fourth-order valence-corrected chi connectivity index (χ4v) is 2.74. The molecule has 1 atom stereocenters. The first kappa shape index (κ1) is 22.9. The highest BCUT2D eigenvalue weighted by molar-refractivity contribution is 4.60. The lowest BCUT2D eigenvalue weighted by Gasteiger charge is -2.16. The smallest absolute Gasteiger partial charge is 0.0704 e. The highest BCUT2D eigenvalue weighted by atomic mass is 16.5. The van der Waals surface area contributed by atoms with E-state index in [9.17, 15) is 0 Å². The molecule has 0 rings (SSSR count). The van der Waals surface area contributed by atoms with Crippen molar-refractivity contribution in [2.45, 2.75) is 97.5 Å². The Bertz CT molecular complexity index is 212. The van der Waals surface area contributed by atoms with Gasteiger partial charge in [0.1, 0.15) is 0 Å². The second kappa shape index (κ2) is 19.9. The molecule has 0 aromatic carbocycles. The van der Waals surface area contributed by atoms with Gasteiger partial charge in [-0.3, -0.25) is 0 Å². The van der Waals surface area contributed by atoms with Crippen LogP contribution >= 0.6 is 0 Å². The van der Waals surface area contributed by atoms with Gasteiger partial charge in [0.15, 0.2) is 0 Å². The van der Waals surface area contributed by atoms with E-state index in [1.807, 2.05) is 6.92 Å². The molecular weight excluding hydrogens is 286 g/mol. The highest BCUT2D eigenvalue weighted by Crippen LogP contribution is 2.10. The van der Waals surface area contributed by atoms with Crippen LogP contribution in [-0.4, -0.2) is 39.0 Å². The molecule has 140 valence electrons. The van der Waals surface area contributed by atoms with Crippen LogP contribution < -0.4 is 5.32 Å². The Morgan fingerprint density at radius 1 is 0.739 bits per heavy atom. The molecule has 0 aliphatic carbocycles. The van der Waals surface area contributed by atoms with Crippen molar-refractivity contribution >= 4 is 0 Å². The molecule has 0 aliphatic heterocycles. The molecule has 0 spiro atoms. The summed E-state index contributed by atoms with van der Waals surface area (Å²) in [5.41, 5.74) is 0. The van der Waals surface area contributed by atoms with Gasteiger partial charge in [0.2, 0.25) is 0 Å². The Balaban J connectivity index is 3.21. The topological polar surface area (TPSA) is 30.5 Å². The summed E-state index contributed by atoms with van der Waals surface area (Å²) in [5, 5.41) is 3.54. The van der Waals surface area contributed by atoms with Gasteiger partial charge in [0, 0.05) is 13.2 Å². The molecule has 0 heterocycles. The fourth-order valence-electron chi connectivity index (χ4n) is 2.74. The summed E-state index contributed by atoms with van der Waals surface area (Å²) in [4.78, 5) is 0. The third-order valence-corrected chi connectivity index (χ3v) is 4.32. The van der Waals surface area contributed by atoms with Gasteiger partial charge in [0.05, 0.1) is 19.3 Å². The average molecular weight is 330 g/mol. The highest BCUT2D eigenvalue weighted by Gasteiger charge is 2.05. The molecule has 0 fully saturated rings. The zero-order valence-electron chi connectivity index (χ0n) is 16.2. The summed E-state index contributed by atoms with van der Waals surface area (Å²) in [5.74, 6) is 0. The quantitative estimate of drug-likeness (QED) is 0.325. The first-order valence-electron chi connectivity index (χ1n) is 10.2. The zero-order valence-corrected chi connectivity index (χ0v) is 16.2. The van der Waals surface area contributed by atoms with Gasteiger partial charge in [-0.1, -0.05) is 71.6 Å². The van der Waals surface area contributed by atoms with Gasteiger partial charge in [-0.2, -0.15) is 0 Å². The largest absolute Gasteiger partial charge is 0.379 e. The minimum Gasteiger partial charge on any atom is -0.379 e. The van der Waals surface area contributed by atoms with Crippen molar-refractivity contribution in [2.24, 2.45) is 0 Å². The third-order valence-electron chi connectivity index (χ3n) is 4.32. The van der Waals surface area contributed by atoms with Crippen LogP contribution in [0.4, 0.5) is 0 Å². The summed E-state index contributed by atoms with van der Waals surface area (Å²) in [6, 6.07) is 0. The van der Waals surface area contributed by atoms with Gasteiger partial charge >= 0.3 is 0 Å². The average Bonchev–Trinajstić information content (AvgIpc) is 2.57. The number of ether oxygens (including phenoxy) is 2. The van der Waals surface area contributed by atoms with E-state index in [4.69, 9.17) is 9.47 Å². The summed E-state index contributed by atoms with van der Waals surface area (Å²) < 4.78 is 11.1. The van der Waals surface area contributed by atoms with Crippen LogP contribution in [0.15, 0.2) is 0 Å². The lowest BCUT2D eigenvalue weighted by Crippen LogP contribution is -2.30. The fraction of sp³-hybridized carbons (Fsp3) is 1.00. The minimum atomic E-state index is 0.332. The van der Waals surface area contributed by atoms with Crippen LogP contribution in [0.2, 0.25) is 0 Å². The van der Waals surface area contributed by atoms with E-state index < -0.39 is 0 Å². The Hall–Kier alpha value is -0.120. The van der Waals surface area contributed by atoms with Crippen molar-refractivity contribution < 1.29 is 9.47 Å². The maximum absolute atomic E-state index is 5.81. The van der Waals surface area contributed by atoms with Gasteiger partial charge < -0.3 is 14.8 Å². The number of hydrogen-bond donors (Lipinski definition) is 1. The molecule has 0 radical (unpaired) electrons. The maximum Gasteiger partial charge on any atom is 0.0704 e. The maximum atomic E-state index is 5.81. The van der Waals surface area contributed by atoms with Gasteiger partial charge in [-0.25, -0.2) is 0 Å². The molecule has 3 nitrogen and oxygen atoms in total. The van der Waals surface area contributed by atoms with Crippen molar-refractivity contribution in [1.82, 2.24) is 5.32 Å². The first-order chi connectivity index (χ1) is 11.3. The molecule has 0 aromatic rings. The Morgan fingerprint density at radius 2 is 1.35 bits per heavy atom. The summed E-state index contributed by atoms with van der Waals surface area (Å²) in [6.07, 6.45) is 15.4. The molecule has 23 heavy (non-hydrogen) atoms. The van der Waals surface area contributed by atoms with Crippen LogP contribution in [0, 0.1) is 0 Å². The van der Waals surface area contributed by atoms with Crippen LogP contribution in [0.1, 0.15) is 91.4 Å². The predicted octanol–water partition coefficient (Wildman–Crippen LogP) is 5.33. The number of unbranched alkanes of at least 4 members (excludes halogenated alkanes) is 9. The molecule has 1 N–H and O–H groups in total. The lowest BCUT2D eigenvalue weighted by molar-refractivity contribution is 0.00657. The molecule has 3 heteroatoms. The summed E-state index contributed by atoms with van der Waals surface area (Å²) in [6.45, 7) is 10.8. The number of hydrogen-bond acceptors (Lipinski definition) is 3. The van der Waals surface area contributed by atoms with E-state index in [1.54, 1.807) is 0 Å². The van der Waals surface area contributed by atoms with Crippen LogP contribution in [0.25, 0.3) is 0 Å². The normalized spacial score (nSPS) is 12.7. The Labute approximate surface area is 145 Å². The second-order valence-corrected chi connectivity index (χ2v) is 6.48. The van der Waals surface area contributed by atoms with Crippen LogP contribution in [0.3, 0.4) is 0 Å². The van der Waals surface area contributed by atoms with E-state index in [-0.39, 0.29) is 0 Å². The van der Waals surface area contributed by atoms with E-state index in [0.717, 1.165) is 26.1 Å². The monoisotopic (exact) mass is 329 g/mol. The Kier molecular flexibility index (Phi) is 19.8. The minimum absolute atomic E-state index is 0.332. The van der Waals surface area contributed by atoms with Gasteiger partial charge in [-0.15, -0.1) is 0 Å². The van der Waals surface area contributed by atoms with E-state index in [2.05, 4.69) is 19.2 Å². The van der Waals surface area contributed by atoms with E-state index >= 15 is 0 Å². The molecule has 1 unspecified atom stereocenters. The van der Waals surface area contributed by atoms with E-state index in [0.29, 0.717) is 19.3 Å².